The van der Waals surface area contributed by atoms with Gasteiger partial charge in [-0.1, -0.05) is 67.6 Å². The Hall–Kier alpha value is -3.74. The maximum Gasteiger partial charge on any atom is 0.159 e. The Bertz CT molecular complexity index is 1120. The Morgan fingerprint density at radius 3 is 1.57 bits per heavy atom. The Morgan fingerprint density at radius 2 is 1.23 bits per heavy atom. The van der Waals surface area contributed by atoms with Crippen molar-refractivity contribution in [2.75, 3.05) is 41.7 Å². The van der Waals surface area contributed by atoms with Gasteiger partial charge >= 0.3 is 0 Å². The highest BCUT2D eigenvalue weighted by molar-refractivity contribution is 5.95. The van der Waals surface area contributed by atoms with Gasteiger partial charge in [-0.05, 0) is 68.0 Å². The topological polar surface area (TPSA) is 71.1 Å². The molecule has 0 saturated carbocycles. The fraction of sp³-hybridized carbons (Fsp3) is 0.353. The summed E-state index contributed by atoms with van der Waals surface area (Å²) in [5.74, 6) is 2.52. The molecule has 0 aliphatic rings. The zero-order chi connectivity index (χ0) is 29.9. The molecule has 216 valence electrons. The first-order valence-corrected chi connectivity index (χ1v) is 13.2. The van der Waals surface area contributed by atoms with Crippen LogP contribution in [0.1, 0.15) is 64.6 Å². The van der Waals surface area contributed by atoms with Crippen LogP contribution in [0.3, 0.4) is 0 Å². The second-order valence-corrected chi connectivity index (χ2v) is 9.37. The highest BCUT2D eigenvalue weighted by Crippen LogP contribution is 2.22. The molecule has 0 spiro atoms. The van der Waals surface area contributed by atoms with Crippen molar-refractivity contribution in [2.45, 2.75) is 34.1 Å². The number of methoxy groups -OCH3 is 4. The average molecular weight is 549 g/mol. The summed E-state index contributed by atoms with van der Waals surface area (Å²) in [5, 5.41) is 0. The monoisotopic (exact) mass is 548 g/mol. The molecule has 1 unspecified atom stereocenters. The molecule has 0 heterocycles. The summed E-state index contributed by atoms with van der Waals surface area (Å²) in [7, 11) is 6.76. The van der Waals surface area contributed by atoms with Crippen LogP contribution in [0.5, 0.6) is 11.5 Å². The lowest BCUT2D eigenvalue weighted by Gasteiger charge is -2.07. The summed E-state index contributed by atoms with van der Waals surface area (Å²) < 4.78 is 20.0. The van der Waals surface area contributed by atoms with E-state index in [2.05, 4.69) is 6.92 Å². The van der Waals surface area contributed by atoms with E-state index in [1.165, 1.54) is 0 Å². The molecule has 0 bridgehead atoms. The van der Waals surface area contributed by atoms with Crippen molar-refractivity contribution in [1.82, 2.24) is 0 Å². The van der Waals surface area contributed by atoms with E-state index in [1.54, 1.807) is 42.3 Å². The summed E-state index contributed by atoms with van der Waals surface area (Å²) >= 11 is 0. The second kappa shape index (κ2) is 19.3. The van der Waals surface area contributed by atoms with Gasteiger partial charge in [-0.15, -0.1) is 0 Å². The number of hydrogen-bond acceptors (Lipinski definition) is 6. The third kappa shape index (κ3) is 13.4. The normalized spacial score (nSPS) is 11.0. The zero-order valence-corrected chi connectivity index (χ0v) is 25.2. The Kier molecular flexibility index (Phi) is 16.6. The smallest absolute Gasteiger partial charge is 0.159 e. The minimum absolute atomic E-state index is 0.0698. The van der Waals surface area contributed by atoms with Crippen LogP contribution < -0.4 is 9.47 Å². The van der Waals surface area contributed by atoms with E-state index >= 15 is 0 Å². The summed E-state index contributed by atoms with van der Waals surface area (Å²) in [4.78, 5) is 22.4. The average Bonchev–Trinajstić information content (AvgIpc) is 2.96. The van der Waals surface area contributed by atoms with Crippen LogP contribution in [-0.2, 0) is 9.47 Å². The van der Waals surface area contributed by atoms with Crippen molar-refractivity contribution in [3.8, 4) is 11.5 Å². The first-order chi connectivity index (χ1) is 19.1. The van der Waals surface area contributed by atoms with Crippen molar-refractivity contribution in [3.63, 3.8) is 0 Å². The van der Waals surface area contributed by atoms with E-state index in [9.17, 15) is 9.59 Å². The van der Waals surface area contributed by atoms with Gasteiger partial charge in [0.1, 0.15) is 11.5 Å². The van der Waals surface area contributed by atoms with Crippen molar-refractivity contribution in [2.24, 2.45) is 5.92 Å². The minimum atomic E-state index is 0.0698. The lowest BCUT2D eigenvalue weighted by atomic mass is 10.1. The second-order valence-electron chi connectivity index (χ2n) is 9.37. The number of aryl methyl sites for hydroxylation is 1. The lowest BCUT2D eigenvalue weighted by Crippen LogP contribution is -2.06. The molecule has 3 aromatic carbocycles. The number of rotatable bonds is 11. The van der Waals surface area contributed by atoms with Crippen molar-refractivity contribution < 1.29 is 28.5 Å². The molecule has 0 amide bonds. The van der Waals surface area contributed by atoms with Crippen LogP contribution in [0.25, 0.3) is 12.2 Å². The first-order valence-electron chi connectivity index (χ1n) is 13.2. The van der Waals surface area contributed by atoms with Gasteiger partial charge in [0.25, 0.3) is 0 Å². The predicted molar refractivity (Wildman–Crippen MR) is 164 cm³/mol. The van der Waals surface area contributed by atoms with E-state index in [4.69, 9.17) is 18.9 Å². The van der Waals surface area contributed by atoms with Crippen LogP contribution in [0, 0.1) is 12.8 Å². The highest BCUT2D eigenvalue weighted by Gasteiger charge is 2.00. The third-order valence-corrected chi connectivity index (χ3v) is 5.97. The van der Waals surface area contributed by atoms with Gasteiger partial charge in [0.05, 0.1) is 14.2 Å². The summed E-state index contributed by atoms with van der Waals surface area (Å²) in [6.45, 7) is 8.93. The SMILES string of the molecule is CC(=O)c1ccc(C=Cc2ccc(C(C)=O)cc2)cc1.COCCC(C)COC.COc1ccc(OC)c(C)c1. The van der Waals surface area contributed by atoms with E-state index in [-0.39, 0.29) is 11.6 Å². The Labute approximate surface area is 239 Å². The molecule has 6 heteroatoms. The van der Waals surface area contributed by atoms with Gasteiger partial charge in [0.15, 0.2) is 11.6 Å². The molecule has 0 fully saturated rings. The number of carbonyl (C=O) groups excluding carboxylic acids is 2. The Morgan fingerprint density at radius 1 is 0.725 bits per heavy atom. The number of benzene rings is 3. The highest BCUT2D eigenvalue weighted by atomic mass is 16.5. The molecule has 0 aromatic heterocycles. The minimum Gasteiger partial charge on any atom is -0.497 e. The standard InChI is InChI=1S/C18H16O2.C9H12O2.C7H16O2/c1-13(19)17-9-5-15(6-10-17)3-4-16-7-11-18(12-8-16)14(2)20;1-7-6-8(10-2)4-5-9(7)11-3;1-7(6-9-3)4-5-8-2/h3-12H,1-2H3;4-6H,1-3H3;7H,4-6H2,1-3H3. The molecule has 3 rings (SSSR count). The van der Waals surface area contributed by atoms with Gasteiger partial charge in [-0.3, -0.25) is 9.59 Å². The molecule has 6 nitrogen and oxygen atoms in total. The number of ether oxygens (including phenoxy) is 4. The molecule has 0 aliphatic heterocycles. The van der Waals surface area contributed by atoms with Crippen LogP contribution in [0.15, 0.2) is 66.7 Å². The molecule has 0 saturated heterocycles. The van der Waals surface area contributed by atoms with Gasteiger partial charge in [-0.2, -0.15) is 0 Å². The van der Waals surface area contributed by atoms with E-state index in [0.29, 0.717) is 17.0 Å². The quantitative estimate of drug-likeness (QED) is 0.182. The molecular formula is C34H44O6. The third-order valence-electron chi connectivity index (χ3n) is 5.97. The van der Waals surface area contributed by atoms with Gasteiger partial charge < -0.3 is 18.9 Å². The van der Waals surface area contributed by atoms with Gasteiger partial charge in [0, 0.05) is 38.6 Å². The molecule has 0 radical (unpaired) electrons. The van der Waals surface area contributed by atoms with E-state index in [0.717, 1.165) is 47.8 Å². The Balaban J connectivity index is 0.000000337. The predicted octanol–water partition coefficient (Wildman–Crippen LogP) is 7.58. The first kappa shape index (κ1) is 34.3. The summed E-state index contributed by atoms with van der Waals surface area (Å²) in [6.07, 6.45) is 5.05. The maximum atomic E-state index is 11.2. The molecule has 0 N–H and O–H groups in total. The van der Waals surface area contributed by atoms with Crippen LogP contribution in [-0.4, -0.2) is 53.2 Å². The number of carbonyl (C=O) groups is 2. The van der Waals surface area contributed by atoms with Crippen LogP contribution in [0.2, 0.25) is 0 Å². The van der Waals surface area contributed by atoms with Crippen LogP contribution >= 0.6 is 0 Å². The molecule has 3 aromatic rings. The molecule has 0 aliphatic carbocycles. The van der Waals surface area contributed by atoms with E-state index in [1.807, 2.05) is 85.8 Å². The van der Waals surface area contributed by atoms with Crippen LogP contribution in [0.4, 0.5) is 0 Å². The van der Waals surface area contributed by atoms with Gasteiger partial charge in [-0.25, -0.2) is 0 Å². The lowest BCUT2D eigenvalue weighted by molar-refractivity contribution is 0.100. The van der Waals surface area contributed by atoms with Crippen molar-refractivity contribution >= 4 is 23.7 Å². The fourth-order valence-electron chi connectivity index (χ4n) is 3.52. The summed E-state index contributed by atoms with van der Waals surface area (Å²) in [6, 6.07) is 20.7. The number of hydrogen-bond donors (Lipinski definition) is 0. The number of ketones is 2. The zero-order valence-electron chi connectivity index (χ0n) is 25.2. The van der Waals surface area contributed by atoms with Gasteiger partial charge in [0.2, 0.25) is 0 Å². The van der Waals surface area contributed by atoms with Crippen molar-refractivity contribution in [1.29, 1.82) is 0 Å². The fourth-order valence-corrected chi connectivity index (χ4v) is 3.52. The van der Waals surface area contributed by atoms with Crippen molar-refractivity contribution in [3.05, 3.63) is 94.5 Å². The summed E-state index contributed by atoms with van der Waals surface area (Å²) in [5.41, 5.74) is 4.59. The molecular weight excluding hydrogens is 504 g/mol. The van der Waals surface area contributed by atoms with E-state index < -0.39 is 0 Å². The maximum absolute atomic E-state index is 11.2. The molecule has 40 heavy (non-hydrogen) atoms. The molecule has 1 atom stereocenters. The number of Topliss-reactive ketones (excluding diaryl/α,β-unsaturated/α-hetero) is 2. The largest absolute Gasteiger partial charge is 0.497 e.